The van der Waals surface area contributed by atoms with Gasteiger partial charge in [-0.15, -0.1) is 0 Å². The van der Waals surface area contributed by atoms with Crippen molar-refractivity contribution in [2.75, 3.05) is 23.3 Å². The van der Waals surface area contributed by atoms with Crippen LogP contribution in [0.15, 0.2) is 18.2 Å². The van der Waals surface area contributed by atoms with Crippen LogP contribution in [0.2, 0.25) is 0 Å². The highest BCUT2D eigenvalue weighted by Crippen LogP contribution is 2.57. The summed E-state index contributed by atoms with van der Waals surface area (Å²) in [6, 6.07) is 5.67. The zero-order chi connectivity index (χ0) is 17.0. The van der Waals surface area contributed by atoms with Crippen molar-refractivity contribution in [2.45, 2.75) is 56.9 Å². The Morgan fingerprint density at radius 2 is 1.64 bits per heavy atom. The van der Waals surface area contributed by atoms with Crippen molar-refractivity contribution < 1.29 is 4.92 Å². The monoisotopic (exact) mass is 341 g/mol. The van der Waals surface area contributed by atoms with Crippen LogP contribution in [-0.2, 0) is 0 Å². The van der Waals surface area contributed by atoms with E-state index in [2.05, 4.69) is 10.2 Å². The number of nitro benzene ring substituents is 1. The Bertz CT molecular complexity index is 661. The Labute approximate surface area is 148 Å². The van der Waals surface area contributed by atoms with Crippen molar-refractivity contribution in [1.29, 1.82) is 0 Å². The number of anilines is 2. The molecular formula is C20H27N3O2. The van der Waals surface area contributed by atoms with Crippen LogP contribution in [0.1, 0.15) is 51.4 Å². The molecule has 1 aliphatic heterocycles. The SMILES string of the molecule is O=[N+]([O-])c1ccc(N2CCCC2)cc1NC12CC3CC(CC(C3)C1)C2. The molecule has 5 nitrogen and oxygen atoms in total. The minimum atomic E-state index is -0.226. The van der Waals surface area contributed by atoms with Gasteiger partial charge in [-0.2, -0.15) is 0 Å². The van der Waals surface area contributed by atoms with E-state index >= 15 is 0 Å². The zero-order valence-electron chi connectivity index (χ0n) is 14.7. The molecule has 4 bridgehead atoms. The van der Waals surface area contributed by atoms with Crippen LogP contribution in [-0.4, -0.2) is 23.6 Å². The maximum Gasteiger partial charge on any atom is 0.292 e. The van der Waals surface area contributed by atoms with Crippen LogP contribution in [0.5, 0.6) is 0 Å². The Morgan fingerprint density at radius 1 is 1.04 bits per heavy atom. The van der Waals surface area contributed by atoms with E-state index in [1.54, 1.807) is 6.07 Å². The van der Waals surface area contributed by atoms with E-state index in [-0.39, 0.29) is 16.1 Å². The maximum absolute atomic E-state index is 11.6. The molecule has 1 N–H and O–H groups in total. The van der Waals surface area contributed by atoms with Gasteiger partial charge in [0.25, 0.3) is 5.69 Å². The van der Waals surface area contributed by atoms with Gasteiger partial charge in [0, 0.05) is 30.4 Å². The van der Waals surface area contributed by atoms with Crippen molar-refractivity contribution >= 4 is 17.1 Å². The van der Waals surface area contributed by atoms with Crippen LogP contribution in [0.3, 0.4) is 0 Å². The van der Waals surface area contributed by atoms with Gasteiger partial charge in [0.05, 0.1) is 4.92 Å². The fourth-order valence-corrected chi connectivity index (χ4v) is 6.50. The third-order valence-electron chi connectivity index (χ3n) is 7.09. The van der Waals surface area contributed by atoms with Crippen LogP contribution in [0.4, 0.5) is 17.1 Å². The van der Waals surface area contributed by atoms with Gasteiger partial charge in [-0.05, 0) is 81.3 Å². The Hall–Kier alpha value is -1.78. The number of hydrogen-bond donors (Lipinski definition) is 1. The molecule has 0 aromatic heterocycles. The third kappa shape index (κ3) is 2.68. The lowest BCUT2D eigenvalue weighted by Crippen LogP contribution is -2.54. The summed E-state index contributed by atoms with van der Waals surface area (Å²) in [7, 11) is 0. The molecule has 0 radical (unpaired) electrons. The summed E-state index contributed by atoms with van der Waals surface area (Å²) in [5, 5.41) is 15.3. The standard InChI is InChI=1S/C20H27N3O2/c24-23(25)19-4-3-17(22-5-1-2-6-22)10-18(19)21-20-11-14-7-15(12-20)9-16(8-14)13-20/h3-4,10,14-16,21H,1-2,5-9,11-13H2. The fraction of sp³-hybridized carbons (Fsp3) is 0.700. The Morgan fingerprint density at radius 3 is 2.20 bits per heavy atom. The van der Waals surface area contributed by atoms with Gasteiger partial charge < -0.3 is 10.2 Å². The van der Waals surface area contributed by atoms with Gasteiger partial charge in [-0.3, -0.25) is 10.1 Å². The summed E-state index contributed by atoms with van der Waals surface area (Å²) >= 11 is 0. The van der Waals surface area contributed by atoms with Gasteiger partial charge in [-0.1, -0.05) is 0 Å². The number of rotatable bonds is 4. The molecule has 4 saturated carbocycles. The van der Waals surface area contributed by atoms with E-state index in [1.165, 1.54) is 51.4 Å². The van der Waals surface area contributed by atoms with E-state index in [0.29, 0.717) is 0 Å². The van der Waals surface area contributed by atoms with E-state index in [1.807, 2.05) is 12.1 Å². The molecule has 0 unspecified atom stereocenters. The Balaban J connectivity index is 1.47. The van der Waals surface area contributed by atoms with E-state index in [0.717, 1.165) is 42.2 Å². The molecule has 1 saturated heterocycles. The normalized spacial score (nSPS) is 36.0. The van der Waals surface area contributed by atoms with E-state index in [9.17, 15) is 10.1 Å². The molecule has 0 atom stereocenters. The van der Waals surface area contributed by atoms with Crippen molar-refractivity contribution in [2.24, 2.45) is 17.8 Å². The second kappa shape index (κ2) is 5.61. The lowest BCUT2D eigenvalue weighted by molar-refractivity contribution is -0.384. The average molecular weight is 341 g/mol. The van der Waals surface area contributed by atoms with Crippen molar-refractivity contribution in [3.8, 4) is 0 Å². The van der Waals surface area contributed by atoms with Crippen molar-refractivity contribution in [3.05, 3.63) is 28.3 Å². The first kappa shape index (κ1) is 15.5. The second-order valence-corrected chi connectivity index (χ2v) is 8.98. The molecule has 25 heavy (non-hydrogen) atoms. The molecule has 0 amide bonds. The molecule has 4 aliphatic carbocycles. The van der Waals surface area contributed by atoms with Gasteiger partial charge >= 0.3 is 0 Å². The molecule has 5 heteroatoms. The van der Waals surface area contributed by atoms with Crippen molar-refractivity contribution in [1.82, 2.24) is 0 Å². The van der Waals surface area contributed by atoms with Crippen LogP contribution >= 0.6 is 0 Å². The number of nitrogens with zero attached hydrogens (tertiary/aromatic N) is 2. The summed E-state index contributed by atoms with van der Waals surface area (Å²) in [5.41, 5.74) is 2.22. The highest BCUT2D eigenvalue weighted by atomic mass is 16.6. The first-order valence-electron chi connectivity index (χ1n) is 9.92. The molecule has 134 valence electrons. The predicted molar refractivity (Wildman–Crippen MR) is 99.1 cm³/mol. The molecule has 1 heterocycles. The molecule has 1 aromatic rings. The van der Waals surface area contributed by atoms with Crippen LogP contribution < -0.4 is 10.2 Å². The Kier molecular flexibility index (Phi) is 3.47. The third-order valence-corrected chi connectivity index (χ3v) is 7.09. The van der Waals surface area contributed by atoms with E-state index < -0.39 is 0 Å². The molecule has 5 aliphatic rings. The van der Waals surface area contributed by atoms with Crippen LogP contribution in [0.25, 0.3) is 0 Å². The van der Waals surface area contributed by atoms with Gasteiger partial charge in [0.2, 0.25) is 0 Å². The van der Waals surface area contributed by atoms with Crippen LogP contribution in [0, 0.1) is 27.9 Å². The first-order chi connectivity index (χ1) is 12.1. The summed E-state index contributed by atoms with van der Waals surface area (Å²) < 4.78 is 0. The smallest absolute Gasteiger partial charge is 0.292 e. The van der Waals surface area contributed by atoms with Crippen molar-refractivity contribution in [3.63, 3.8) is 0 Å². The molecule has 6 rings (SSSR count). The topological polar surface area (TPSA) is 58.4 Å². The minimum Gasteiger partial charge on any atom is -0.374 e. The highest BCUT2D eigenvalue weighted by Gasteiger charge is 2.51. The largest absolute Gasteiger partial charge is 0.374 e. The number of nitrogens with one attached hydrogen (secondary N) is 1. The number of benzene rings is 1. The summed E-state index contributed by atoms with van der Waals surface area (Å²) in [6.07, 6.45) is 10.2. The zero-order valence-corrected chi connectivity index (χ0v) is 14.7. The minimum absolute atomic E-state index is 0.100. The molecule has 1 aromatic carbocycles. The second-order valence-electron chi connectivity index (χ2n) is 8.98. The number of hydrogen-bond acceptors (Lipinski definition) is 4. The quantitative estimate of drug-likeness (QED) is 0.643. The molecule has 5 fully saturated rings. The lowest BCUT2D eigenvalue weighted by atomic mass is 9.53. The van der Waals surface area contributed by atoms with Gasteiger partial charge in [0.15, 0.2) is 0 Å². The highest BCUT2D eigenvalue weighted by molar-refractivity contribution is 5.70. The predicted octanol–water partition coefficient (Wildman–Crippen LogP) is 4.58. The molecular weight excluding hydrogens is 314 g/mol. The maximum atomic E-state index is 11.6. The first-order valence-corrected chi connectivity index (χ1v) is 9.92. The van der Waals surface area contributed by atoms with Gasteiger partial charge in [0.1, 0.15) is 5.69 Å². The lowest BCUT2D eigenvalue weighted by Gasteiger charge is -2.57. The van der Waals surface area contributed by atoms with Gasteiger partial charge in [-0.25, -0.2) is 0 Å². The fourth-order valence-electron chi connectivity index (χ4n) is 6.50. The number of nitro groups is 1. The summed E-state index contributed by atoms with van der Waals surface area (Å²) in [5.74, 6) is 2.50. The summed E-state index contributed by atoms with van der Waals surface area (Å²) in [6.45, 7) is 2.13. The van der Waals surface area contributed by atoms with E-state index in [4.69, 9.17) is 0 Å². The summed E-state index contributed by atoms with van der Waals surface area (Å²) in [4.78, 5) is 13.7. The molecule has 0 spiro atoms. The average Bonchev–Trinajstić information content (AvgIpc) is 3.07.